The fraction of sp³-hybridized carbons (Fsp3) is 0.500. The van der Waals surface area contributed by atoms with E-state index in [1.165, 1.54) is 5.56 Å². The van der Waals surface area contributed by atoms with Crippen LogP contribution in [0.15, 0.2) is 36.0 Å². The Hall–Kier alpha value is -2.05. The number of hydrazine groups is 1. The van der Waals surface area contributed by atoms with Gasteiger partial charge in [0.05, 0.1) is 7.11 Å². The van der Waals surface area contributed by atoms with E-state index in [-0.39, 0.29) is 18.0 Å². The molecule has 2 fully saturated rings. The summed E-state index contributed by atoms with van der Waals surface area (Å²) in [4.78, 5) is 12.3. The third-order valence-corrected chi connectivity index (χ3v) is 5.29. The van der Waals surface area contributed by atoms with Gasteiger partial charge in [0, 0.05) is 30.2 Å². The molecule has 1 amide bonds. The highest BCUT2D eigenvalue weighted by Crippen LogP contribution is 2.35. The summed E-state index contributed by atoms with van der Waals surface area (Å²) in [5, 5.41) is 8.70. The number of carbonyl (C=O) groups is 1. The molecule has 0 aliphatic carbocycles. The second-order valence-electron chi connectivity index (χ2n) is 6.66. The summed E-state index contributed by atoms with van der Waals surface area (Å²) in [5.74, 6) is 1.55. The van der Waals surface area contributed by atoms with Crippen molar-refractivity contribution in [1.29, 1.82) is 0 Å². The van der Waals surface area contributed by atoms with Gasteiger partial charge >= 0.3 is 0 Å². The van der Waals surface area contributed by atoms with E-state index in [1.54, 1.807) is 13.2 Å². The maximum Gasteiger partial charge on any atom is 0.247 e. The molecule has 3 N–H and O–H groups in total. The van der Waals surface area contributed by atoms with E-state index in [2.05, 4.69) is 33.2 Å². The minimum absolute atomic E-state index is 0.0204. The first kappa shape index (κ1) is 15.5. The van der Waals surface area contributed by atoms with Gasteiger partial charge in [0.1, 0.15) is 11.9 Å². The lowest BCUT2D eigenvalue weighted by molar-refractivity contribution is -0.119. The number of amides is 1. The summed E-state index contributed by atoms with van der Waals surface area (Å²) in [7, 11) is 1.67. The van der Waals surface area contributed by atoms with Crippen molar-refractivity contribution in [3.8, 4) is 5.75 Å². The Kier molecular flexibility index (Phi) is 4.16. The lowest BCUT2D eigenvalue weighted by Crippen LogP contribution is -2.53. The van der Waals surface area contributed by atoms with Crippen LogP contribution in [0, 0.1) is 5.92 Å². The molecule has 128 valence electrons. The molecular formula is C18H24N4O2. The van der Waals surface area contributed by atoms with E-state index in [1.807, 2.05) is 12.1 Å². The van der Waals surface area contributed by atoms with E-state index in [4.69, 9.17) is 4.74 Å². The van der Waals surface area contributed by atoms with Gasteiger partial charge in [-0.1, -0.05) is 12.1 Å². The van der Waals surface area contributed by atoms with Crippen molar-refractivity contribution in [2.75, 3.05) is 26.7 Å². The highest BCUT2D eigenvalue weighted by Gasteiger charge is 2.41. The molecule has 3 heterocycles. The average molecular weight is 328 g/mol. The molecule has 1 aromatic rings. The maximum absolute atomic E-state index is 12.3. The van der Waals surface area contributed by atoms with Gasteiger partial charge in [-0.05, 0) is 43.6 Å². The van der Waals surface area contributed by atoms with Gasteiger partial charge in [0.15, 0.2) is 0 Å². The number of nitrogens with zero attached hydrogens (tertiary/aromatic N) is 1. The van der Waals surface area contributed by atoms with Crippen LogP contribution in [0.25, 0.3) is 0 Å². The number of methoxy groups -OCH3 is 1. The third kappa shape index (κ3) is 2.76. The van der Waals surface area contributed by atoms with Crippen LogP contribution in [-0.2, 0) is 4.79 Å². The zero-order valence-corrected chi connectivity index (χ0v) is 13.9. The predicted molar refractivity (Wildman–Crippen MR) is 91.2 cm³/mol. The number of allylic oxidation sites excluding steroid dienone is 1. The molecule has 0 aromatic heterocycles. The number of nitrogens with one attached hydrogen (secondary N) is 3. The second-order valence-corrected chi connectivity index (χ2v) is 6.66. The number of piperidine rings is 1. The van der Waals surface area contributed by atoms with Crippen LogP contribution in [0.4, 0.5) is 0 Å². The topological polar surface area (TPSA) is 65.6 Å². The first-order valence-corrected chi connectivity index (χ1v) is 8.66. The molecule has 3 aliphatic rings. The minimum Gasteiger partial charge on any atom is -0.497 e. The molecule has 0 radical (unpaired) electrons. The lowest BCUT2D eigenvalue weighted by Gasteiger charge is -2.39. The molecule has 2 saturated heterocycles. The van der Waals surface area contributed by atoms with Crippen molar-refractivity contribution >= 4 is 5.91 Å². The van der Waals surface area contributed by atoms with E-state index >= 15 is 0 Å². The highest BCUT2D eigenvalue weighted by atomic mass is 16.5. The predicted octanol–water partition coefficient (Wildman–Crippen LogP) is 0.938. The summed E-state index contributed by atoms with van der Waals surface area (Å²) in [5.41, 5.74) is 5.85. The van der Waals surface area contributed by atoms with Gasteiger partial charge in [-0.15, -0.1) is 0 Å². The van der Waals surface area contributed by atoms with Crippen molar-refractivity contribution < 1.29 is 9.53 Å². The molecule has 1 aromatic carbocycles. The first-order chi connectivity index (χ1) is 11.8. The smallest absolute Gasteiger partial charge is 0.247 e. The molecule has 6 nitrogen and oxygen atoms in total. The highest BCUT2D eigenvalue weighted by molar-refractivity contribution is 5.89. The monoisotopic (exact) mass is 328 g/mol. The number of ether oxygens (including phenoxy) is 1. The molecule has 0 bridgehead atoms. The van der Waals surface area contributed by atoms with Crippen LogP contribution < -0.4 is 20.8 Å². The fourth-order valence-electron chi connectivity index (χ4n) is 3.98. The Morgan fingerprint density at radius 1 is 1.17 bits per heavy atom. The number of rotatable bonds is 3. The van der Waals surface area contributed by atoms with Crippen LogP contribution in [-0.4, -0.2) is 43.8 Å². The Morgan fingerprint density at radius 2 is 1.92 bits per heavy atom. The normalized spacial score (nSPS) is 27.5. The van der Waals surface area contributed by atoms with Gasteiger partial charge in [-0.3, -0.25) is 9.80 Å². The molecule has 2 unspecified atom stereocenters. The standard InChI is InChI=1S/C18H24N4O2/c1-24-14-4-2-12(3-5-14)15-11-20-22-16(10-17(23)21-18(15)22)13-6-8-19-9-7-13/h2-5,10,13,15,18-20H,6-9,11H2,1H3,(H,21,23). The number of carbonyl (C=O) groups excluding carboxylic acids is 1. The van der Waals surface area contributed by atoms with E-state index in [0.29, 0.717) is 5.92 Å². The van der Waals surface area contributed by atoms with Gasteiger partial charge in [0.25, 0.3) is 0 Å². The van der Waals surface area contributed by atoms with Crippen LogP contribution in [0.1, 0.15) is 24.3 Å². The zero-order valence-electron chi connectivity index (χ0n) is 13.9. The van der Waals surface area contributed by atoms with E-state index in [0.717, 1.165) is 43.9 Å². The lowest BCUT2D eigenvalue weighted by atomic mass is 9.91. The summed E-state index contributed by atoms with van der Waals surface area (Å²) >= 11 is 0. The van der Waals surface area contributed by atoms with Gasteiger partial charge in [-0.25, -0.2) is 5.43 Å². The molecule has 24 heavy (non-hydrogen) atoms. The Bertz CT molecular complexity index is 637. The second kappa shape index (κ2) is 6.45. The summed E-state index contributed by atoms with van der Waals surface area (Å²) in [6, 6.07) is 8.13. The van der Waals surface area contributed by atoms with Crippen LogP contribution in [0.2, 0.25) is 0 Å². The Labute approximate surface area is 142 Å². The summed E-state index contributed by atoms with van der Waals surface area (Å²) < 4.78 is 5.24. The van der Waals surface area contributed by atoms with Gasteiger partial charge in [-0.2, -0.15) is 0 Å². The summed E-state index contributed by atoms with van der Waals surface area (Å²) in [6.45, 7) is 2.85. The van der Waals surface area contributed by atoms with Crippen molar-refractivity contribution in [3.63, 3.8) is 0 Å². The van der Waals surface area contributed by atoms with Crippen molar-refractivity contribution in [1.82, 2.24) is 21.1 Å². The molecule has 3 aliphatic heterocycles. The SMILES string of the molecule is COc1ccc(C2CNN3C(C4CCNCC4)=CC(=O)NC23)cc1. The number of fused-ring (bicyclic) bond motifs is 1. The zero-order chi connectivity index (χ0) is 16.5. The van der Waals surface area contributed by atoms with Crippen molar-refractivity contribution in [2.45, 2.75) is 24.9 Å². The molecule has 4 rings (SSSR count). The fourth-order valence-corrected chi connectivity index (χ4v) is 3.98. The van der Waals surface area contributed by atoms with Crippen molar-refractivity contribution in [3.05, 3.63) is 41.6 Å². The summed E-state index contributed by atoms with van der Waals surface area (Å²) in [6.07, 6.45) is 3.91. The van der Waals surface area contributed by atoms with Crippen molar-refractivity contribution in [2.24, 2.45) is 5.92 Å². The average Bonchev–Trinajstić information content (AvgIpc) is 3.05. The molecule has 2 atom stereocenters. The molecule has 6 heteroatoms. The maximum atomic E-state index is 12.3. The van der Waals surface area contributed by atoms with Crippen LogP contribution in [0.5, 0.6) is 5.75 Å². The van der Waals surface area contributed by atoms with Gasteiger partial charge < -0.3 is 15.4 Å². The Morgan fingerprint density at radius 3 is 2.62 bits per heavy atom. The van der Waals surface area contributed by atoms with Crippen LogP contribution >= 0.6 is 0 Å². The van der Waals surface area contributed by atoms with E-state index < -0.39 is 0 Å². The minimum atomic E-state index is -0.0271. The van der Waals surface area contributed by atoms with E-state index in [9.17, 15) is 4.79 Å². The number of hydrogen-bond donors (Lipinski definition) is 3. The molecule has 0 spiro atoms. The third-order valence-electron chi connectivity index (χ3n) is 5.29. The first-order valence-electron chi connectivity index (χ1n) is 8.66. The quantitative estimate of drug-likeness (QED) is 0.771. The Balaban J connectivity index is 1.57. The number of benzene rings is 1. The molecular weight excluding hydrogens is 304 g/mol. The molecule has 0 saturated carbocycles. The number of hydrogen-bond acceptors (Lipinski definition) is 5. The van der Waals surface area contributed by atoms with Crippen LogP contribution in [0.3, 0.4) is 0 Å². The largest absolute Gasteiger partial charge is 0.497 e. The van der Waals surface area contributed by atoms with Gasteiger partial charge in [0.2, 0.25) is 5.91 Å².